The van der Waals surface area contributed by atoms with E-state index < -0.39 is 0 Å². The summed E-state index contributed by atoms with van der Waals surface area (Å²) in [6.45, 7) is 2.15. The summed E-state index contributed by atoms with van der Waals surface area (Å²) < 4.78 is 5.21. The Bertz CT molecular complexity index is 858. The van der Waals surface area contributed by atoms with Crippen molar-refractivity contribution in [1.82, 2.24) is 20.2 Å². The minimum Gasteiger partial charge on any atom is -0.497 e. The number of methoxy groups -OCH3 is 1. The van der Waals surface area contributed by atoms with Crippen LogP contribution in [0.4, 0.5) is 10.5 Å². The van der Waals surface area contributed by atoms with Gasteiger partial charge in [0.25, 0.3) is 5.91 Å². The molecule has 2 aromatic rings. The molecule has 1 aromatic heterocycles. The number of likely N-dealkylation sites (N-methyl/N-ethyl adjacent to an activating group) is 1. The quantitative estimate of drug-likeness (QED) is 0.395. The molecule has 9 nitrogen and oxygen atoms in total. The first-order valence-electron chi connectivity index (χ1n) is 9.36. The summed E-state index contributed by atoms with van der Waals surface area (Å²) in [6.07, 6.45) is 2.07. The summed E-state index contributed by atoms with van der Waals surface area (Å²) in [7, 11) is 3.62. The first kappa shape index (κ1) is 20.6. The monoisotopic (exact) mass is 398 g/mol. The van der Waals surface area contributed by atoms with Crippen molar-refractivity contribution < 1.29 is 14.3 Å². The van der Waals surface area contributed by atoms with Crippen LogP contribution in [-0.4, -0.2) is 66.6 Å². The van der Waals surface area contributed by atoms with Gasteiger partial charge in [-0.1, -0.05) is 6.07 Å². The van der Waals surface area contributed by atoms with Gasteiger partial charge in [-0.3, -0.25) is 15.2 Å². The molecule has 154 valence electrons. The second-order valence-electron chi connectivity index (χ2n) is 6.99. The Balaban J connectivity index is 1.71. The van der Waals surface area contributed by atoms with Crippen LogP contribution in [0.15, 0.2) is 42.6 Å². The number of rotatable bonds is 5. The molecule has 0 bridgehead atoms. The van der Waals surface area contributed by atoms with E-state index in [1.807, 2.05) is 30.1 Å². The van der Waals surface area contributed by atoms with Crippen LogP contribution in [0.2, 0.25) is 0 Å². The zero-order valence-corrected chi connectivity index (χ0v) is 16.6. The Morgan fingerprint density at radius 2 is 2.10 bits per heavy atom. The highest BCUT2D eigenvalue weighted by atomic mass is 16.5. The van der Waals surface area contributed by atoms with E-state index in [0.717, 1.165) is 18.8 Å². The van der Waals surface area contributed by atoms with E-state index in [4.69, 9.17) is 10.6 Å². The number of hydrazine groups is 1. The minimum absolute atomic E-state index is 0.0407. The molecule has 1 aromatic carbocycles. The molecule has 9 heteroatoms. The van der Waals surface area contributed by atoms with E-state index in [9.17, 15) is 9.59 Å². The number of hydrogen-bond acceptors (Lipinski definition) is 6. The molecule has 29 heavy (non-hydrogen) atoms. The number of hydrogen-bond donors (Lipinski definition) is 3. The molecule has 1 aliphatic heterocycles. The Kier molecular flexibility index (Phi) is 6.63. The predicted molar refractivity (Wildman–Crippen MR) is 110 cm³/mol. The molecule has 1 atom stereocenters. The van der Waals surface area contributed by atoms with Crippen molar-refractivity contribution in [2.75, 3.05) is 39.1 Å². The predicted octanol–water partition coefficient (Wildman–Crippen LogP) is 1.08. The molecule has 0 saturated carbocycles. The lowest BCUT2D eigenvalue weighted by Gasteiger charge is -2.40. The SMILES string of the molecule is COc1cccc(NC(=O)N2CCN(C)CC2Cc2ccc(C(=O)NN)cn2)c1. The van der Waals surface area contributed by atoms with E-state index in [1.54, 1.807) is 25.3 Å². The molecule has 1 fully saturated rings. The molecule has 4 N–H and O–H groups in total. The standard InChI is InChI=1S/C20H26N6O3/c1-25-8-9-26(20(28)23-16-4-3-5-18(11-16)29-2)17(13-25)10-15-7-6-14(12-22-15)19(27)24-21/h3-7,11-12,17H,8-10,13,21H2,1-2H3,(H,23,28)(H,24,27). The third-order valence-corrected chi connectivity index (χ3v) is 4.93. The van der Waals surface area contributed by atoms with Crippen molar-refractivity contribution in [2.45, 2.75) is 12.5 Å². The smallest absolute Gasteiger partial charge is 0.322 e. The number of nitrogen functional groups attached to an aromatic ring is 1. The van der Waals surface area contributed by atoms with Crippen molar-refractivity contribution in [3.05, 3.63) is 53.9 Å². The summed E-state index contributed by atoms with van der Waals surface area (Å²) >= 11 is 0. The van der Waals surface area contributed by atoms with Gasteiger partial charge in [0.2, 0.25) is 0 Å². The van der Waals surface area contributed by atoms with Crippen LogP contribution >= 0.6 is 0 Å². The van der Waals surface area contributed by atoms with Gasteiger partial charge in [-0.15, -0.1) is 0 Å². The van der Waals surface area contributed by atoms with Crippen LogP contribution in [0.3, 0.4) is 0 Å². The fourth-order valence-electron chi connectivity index (χ4n) is 3.35. The number of pyridine rings is 1. The van der Waals surface area contributed by atoms with E-state index in [-0.39, 0.29) is 18.0 Å². The molecule has 2 heterocycles. The van der Waals surface area contributed by atoms with Gasteiger partial charge in [0.1, 0.15) is 5.75 Å². The fourth-order valence-corrected chi connectivity index (χ4v) is 3.35. The number of piperazine rings is 1. The van der Waals surface area contributed by atoms with E-state index in [1.165, 1.54) is 6.20 Å². The molecule has 0 aliphatic carbocycles. The summed E-state index contributed by atoms with van der Waals surface area (Å²) in [4.78, 5) is 32.9. The normalized spacial score (nSPS) is 16.9. The summed E-state index contributed by atoms with van der Waals surface area (Å²) in [5.41, 5.74) is 3.97. The molecule has 1 unspecified atom stereocenters. The van der Waals surface area contributed by atoms with Crippen LogP contribution in [0, 0.1) is 0 Å². The van der Waals surface area contributed by atoms with Crippen LogP contribution in [-0.2, 0) is 6.42 Å². The summed E-state index contributed by atoms with van der Waals surface area (Å²) in [6, 6.07) is 10.5. The Morgan fingerprint density at radius 1 is 1.28 bits per heavy atom. The molecule has 0 radical (unpaired) electrons. The van der Waals surface area contributed by atoms with Crippen molar-refractivity contribution >= 4 is 17.6 Å². The third kappa shape index (κ3) is 5.21. The first-order valence-corrected chi connectivity index (χ1v) is 9.36. The van der Waals surface area contributed by atoms with Gasteiger partial charge < -0.3 is 19.9 Å². The Hall–Kier alpha value is -3.17. The van der Waals surface area contributed by atoms with Gasteiger partial charge in [0.05, 0.1) is 18.7 Å². The van der Waals surface area contributed by atoms with E-state index in [2.05, 4.69) is 20.6 Å². The van der Waals surface area contributed by atoms with Crippen LogP contribution in [0.25, 0.3) is 0 Å². The van der Waals surface area contributed by atoms with Crippen molar-refractivity contribution in [3.8, 4) is 5.75 Å². The fraction of sp³-hybridized carbons (Fsp3) is 0.350. The highest BCUT2D eigenvalue weighted by molar-refractivity contribution is 5.93. The number of aromatic nitrogens is 1. The molecule has 0 spiro atoms. The molecular formula is C20H26N6O3. The van der Waals surface area contributed by atoms with Gasteiger partial charge in [0.15, 0.2) is 0 Å². The van der Waals surface area contributed by atoms with Crippen LogP contribution in [0.5, 0.6) is 5.75 Å². The van der Waals surface area contributed by atoms with Crippen molar-refractivity contribution in [2.24, 2.45) is 5.84 Å². The third-order valence-electron chi connectivity index (χ3n) is 4.93. The first-order chi connectivity index (χ1) is 14.0. The molecule has 1 saturated heterocycles. The number of benzene rings is 1. The number of amides is 3. The number of urea groups is 1. The number of carbonyl (C=O) groups excluding carboxylic acids is 2. The van der Waals surface area contributed by atoms with Crippen LogP contribution in [0.1, 0.15) is 16.1 Å². The minimum atomic E-state index is -0.388. The largest absolute Gasteiger partial charge is 0.497 e. The zero-order valence-electron chi connectivity index (χ0n) is 16.6. The molecule has 3 rings (SSSR count). The molecule has 1 aliphatic rings. The Labute approximate surface area is 169 Å². The number of nitrogens with zero attached hydrogens (tertiary/aromatic N) is 3. The number of carbonyl (C=O) groups is 2. The summed E-state index contributed by atoms with van der Waals surface area (Å²) in [5, 5.41) is 2.95. The van der Waals surface area contributed by atoms with Gasteiger partial charge in [0, 0.05) is 49.7 Å². The van der Waals surface area contributed by atoms with Gasteiger partial charge in [-0.25, -0.2) is 10.6 Å². The summed E-state index contributed by atoms with van der Waals surface area (Å²) in [5.74, 6) is 5.44. The van der Waals surface area contributed by atoms with Crippen molar-refractivity contribution in [3.63, 3.8) is 0 Å². The second kappa shape index (κ2) is 9.35. The van der Waals surface area contributed by atoms with Crippen LogP contribution < -0.4 is 21.3 Å². The van der Waals surface area contributed by atoms with Crippen molar-refractivity contribution in [1.29, 1.82) is 0 Å². The highest BCUT2D eigenvalue weighted by Gasteiger charge is 2.29. The Morgan fingerprint density at radius 3 is 2.79 bits per heavy atom. The number of nitrogens with two attached hydrogens (primary N) is 1. The lowest BCUT2D eigenvalue weighted by atomic mass is 10.1. The maximum Gasteiger partial charge on any atom is 0.322 e. The average molecular weight is 398 g/mol. The average Bonchev–Trinajstić information content (AvgIpc) is 2.74. The zero-order chi connectivity index (χ0) is 20.8. The maximum atomic E-state index is 12.9. The van der Waals surface area contributed by atoms with Gasteiger partial charge >= 0.3 is 6.03 Å². The lowest BCUT2D eigenvalue weighted by Crippen LogP contribution is -2.56. The van der Waals surface area contributed by atoms with E-state index >= 15 is 0 Å². The number of anilines is 1. The van der Waals surface area contributed by atoms with Gasteiger partial charge in [-0.05, 0) is 31.3 Å². The lowest BCUT2D eigenvalue weighted by molar-refractivity contribution is 0.0953. The van der Waals surface area contributed by atoms with E-state index in [0.29, 0.717) is 30.0 Å². The highest BCUT2D eigenvalue weighted by Crippen LogP contribution is 2.19. The number of ether oxygens (including phenoxy) is 1. The van der Waals surface area contributed by atoms with Gasteiger partial charge in [-0.2, -0.15) is 0 Å². The maximum absolute atomic E-state index is 12.9. The molecular weight excluding hydrogens is 372 g/mol. The topological polar surface area (TPSA) is 113 Å². The molecule has 3 amide bonds. The number of nitrogens with one attached hydrogen (secondary N) is 2. The second-order valence-corrected chi connectivity index (χ2v) is 6.99.